The second kappa shape index (κ2) is 13.9. The van der Waals surface area contributed by atoms with Crippen LogP contribution < -0.4 is 10.2 Å². The van der Waals surface area contributed by atoms with Gasteiger partial charge in [-0.25, -0.2) is 0 Å². The summed E-state index contributed by atoms with van der Waals surface area (Å²) in [4.78, 5) is 44.2. The van der Waals surface area contributed by atoms with Crippen LogP contribution in [0.2, 0.25) is 5.02 Å². The van der Waals surface area contributed by atoms with Crippen molar-refractivity contribution in [3.8, 4) is 0 Å². The van der Waals surface area contributed by atoms with Crippen LogP contribution in [-0.4, -0.2) is 82.7 Å². The molecule has 0 unspecified atom stereocenters. The summed E-state index contributed by atoms with van der Waals surface area (Å²) in [6.45, 7) is 4.96. The Bertz CT molecular complexity index is 1460. The Morgan fingerprint density at radius 1 is 1.00 bits per heavy atom. The number of hydrogen-bond acceptors (Lipinski definition) is 7. The first-order valence-electron chi connectivity index (χ1n) is 14.6. The number of piperazine rings is 1. The Morgan fingerprint density at radius 3 is 2.51 bits per heavy atom. The number of anilines is 1. The lowest BCUT2D eigenvalue weighted by molar-refractivity contribution is -0.153. The summed E-state index contributed by atoms with van der Waals surface area (Å²) in [5, 5.41) is 26.7. The lowest BCUT2D eigenvalue weighted by Gasteiger charge is -2.36. The van der Waals surface area contributed by atoms with Gasteiger partial charge in [-0.3, -0.25) is 14.4 Å². The lowest BCUT2D eigenvalue weighted by atomic mass is 10.0. The van der Waals surface area contributed by atoms with Gasteiger partial charge < -0.3 is 30.2 Å². The third-order valence-corrected chi connectivity index (χ3v) is 9.55. The van der Waals surface area contributed by atoms with Gasteiger partial charge in [-0.1, -0.05) is 41.9 Å². The summed E-state index contributed by atoms with van der Waals surface area (Å²) >= 11 is 7.74. The molecular weight excluding hydrogens is 588 g/mol. The minimum absolute atomic E-state index is 0.0770. The van der Waals surface area contributed by atoms with Gasteiger partial charge in [-0.05, 0) is 65.6 Å². The molecular formula is C32H37ClN4O5S. The predicted octanol–water partition coefficient (Wildman–Crippen LogP) is 3.36. The molecule has 0 bridgehead atoms. The van der Waals surface area contributed by atoms with Crippen LogP contribution in [-0.2, 0) is 27.3 Å². The minimum Gasteiger partial charge on any atom is -0.380 e. The first-order chi connectivity index (χ1) is 20.7. The van der Waals surface area contributed by atoms with Gasteiger partial charge >= 0.3 is 0 Å². The first kappa shape index (κ1) is 31.0. The second-order valence-corrected chi connectivity index (χ2v) is 12.5. The first-order valence-corrected chi connectivity index (χ1v) is 15.8. The van der Waals surface area contributed by atoms with Crippen LogP contribution in [0.5, 0.6) is 0 Å². The molecule has 0 saturated carbocycles. The molecule has 3 amide bonds. The van der Waals surface area contributed by atoms with E-state index in [-0.39, 0.29) is 18.5 Å². The molecule has 3 atom stereocenters. The minimum atomic E-state index is -1.89. The molecule has 11 heteroatoms. The molecule has 0 spiro atoms. The average Bonchev–Trinajstić information content (AvgIpc) is 3.70. The van der Waals surface area contributed by atoms with E-state index in [1.165, 1.54) is 11.3 Å². The van der Waals surface area contributed by atoms with E-state index in [2.05, 4.69) is 16.3 Å². The van der Waals surface area contributed by atoms with Gasteiger partial charge in [-0.15, -0.1) is 11.3 Å². The zero-order valence-corrected chi connectivity index (χ0v) is 25.7. The molecule has 3 aromatic rings. The Morgan fingerprint density at radius 2 is 1.77 bits per heavy atom. The van der Waals surface area contributed by atoms with Crippen molar-refractivity contribution in [1.82, 2.24) is 15.1 Å². The van der Waals surface area contributed by atoms with Gasteiger partial charge in [0.1, 0.15) is 0 Å². The van der Waals surface area contributed by atoms with E-state index in [1.807, 2.05) is 58.8 Å². The normalized spacial score (nSPS) is 18.4. The number of amides is 3. The highest BCUT2D eigenvalue weighted by Gasteiger charge is 2.38. The molecule has 0 radical (unpaired) electrons. The smallest absolute Gasteiger partial charge is 0.255 e. The fraction of sp³-hybridized carbons (Fsp3) is 0.406. The average molecular weight is 625 g/mol. The topological polar surface area (TPSA) is 113 Å². The number of benzene rings is 2. The number of rotatable bonds is 9. The number of carbonyl (C=O) groups excluding carboxylic acids is 3. The van der Waals surface area contributed by atoms with Gasteiger partial charge in [0.15, 0.2) is 12.2 Å². The standard InChI is InChI=1S/C32H37ClN4O5S/c1-21(38)35-12-14-36(15-13-35)25-8-4-7-24(18-25)28-10-5-11-37(28)32(42)30(40)29(39)31(41)34-19-26-17-22(20-43-26)16-23-6-2-3-9-27(23)33/h2-4,6-9,17-18,20,28-30,39-40H,5,10-16,19H2,1H3,(H,34,41)/t28-,29-,30-/m1/s1. The molecule has 3 heterocycles. The van der Waals surface area contributed by atoms with Crippen molar-refractivity contribution >= 4 is 46.3 Å². The zero-order valence-electron chi connectivity index (χ0n) is 24.1. The molecule has 2 aliphatic heterocycles. The van der Waals surface area contributed by atoms with Crippen molar-refractivity contribution in [2.75, 3.05) is 37.6 Å². The van der Waals surface area contributed by atoms with Crippen molar-refractivity contribution in [3.63, 3.8) is 0 Å². The van der Waals surface area contributed by atoms with E-state index in [4.69, 9.17) is 11.6 Å². The Kier molecular flexibility index (Phi) is 10.0. The molecule has 9 nitrogen and oxygen atoms in total. The van der Waals surface area contributed by atoms with Gasteiger partial charge in [0.25, 0.3) is 11.8 Å². The molecule has 43 heavy (non-hydrogen) atoms. The Hall–Kier alpha value is -3.44. The van der Waals surface area contributed by atoms with Crippen molar-refractivity contribution in [2.24, 2.45) is 0 Å². The molecule has 2 aliphatic rings. The van der Waals surface area contributed by atoms with Crippen molar-refractivity contribution in [3.05, 3.63) is 86.6 Å². The summed E-state index contributed by atoms with van der Waals surface area (Å²) in [7, 11) is 0. The number of likely N-dealkylation sites (tertiary alicyclic amines) is 1. The highest BCUT2D eigenvalue weighted by atomic mass is 35.5. The van der Waals surface area contributed by atoms with Crippen LogP contribution in [0.15, 0.2) is 60.0 Å². The van der Waals surface area contributed by atoms with Crippen LogP contribution in [0, 0.1) is 0 Å². The van der Waals surface area contributed by atoms with E-state index in [9.17, 15) is 24.6 Å². The third kappa shape index (κ3) is 7.38. The molecule has 228 valence electrons. The van der Waals surface area contributed by atoms with Gasteiger partial charge in [-0.2, -0.15) is 0 Å². The van der Waals surface area contributed by atoms with Crippen LogP contribution in [0.25, 0.3) is 0 Å². The quantitative estimate of drug-likeness (QED) is 0.337. The van der Waals surface area contributed by atoms with E-state index >= 15 is 0 Å². The van der Waals surface area contributed by atoms with E-state index in [0.29, 0.717) is 31.1 Å². The molecule has 2 aromatic carbocycles. The second-order valence-electron chi connectivity index (χ2n) is 11.1. The number of thiophene rings is 1. The molecule has 0 aliphatic carbocycles. The molecule has 5 rings (SSSR count). The number of aliphatic hydroxyl groups is 2. The van der Waals surface area contributed by atoms with Crippen LogP contribution in [0.3, 0.4) is 0 Å². The van der Waals surface area contributed by atoms with Crippen LogP contribution in [0.1, 0.15) is 47.4 Å². The maximum absolute atomic E-state index is 13.3. The number of hydrogen-bond donors (Lipinski definition) is 3. The third-order valence-electron chi connectivity index (χ3n) is 8.20. The summed E-state index contributed by atoms with van der Waals surface area (Å²) in [5.74, 6) is -1.39. The van der Waals surface area contributed by atoms with Crippen LogP contribution in [0.4, 0.5) is 5.69 Å². The van der Waals surface area contributed by atoms with Gasteiger partial charge in [0, 0.05) is 55.2 Å². The number of nitrogens with zero attached hydrogens (tertiary/aromatic N) is 3. The Labute approximate surface area is 260 Å². The van der Waals surface area contributed by atoms with Crippen LogP contribution >= 0.6 is 22.9 Å². The number of nitrogens with one attached hydrogen (secondary N) is 1. The fourth-order valence-corrected chi connectivity index (χ4v) is 6.82. The summed E-state index contributed by atoms with van der Waals surface area (Å²) in [6, 6.07) is 17.3. The van der Waals surface area contributed by atoms with Crippen molar-refractivity contribution in [1.29, 1.82) is 0 Å². The number of halogens is 1. The van der Waals surface area contributed by atoms with E-state index in [0.717, 1.165) is 53.2 Å². The molecule has 1 aromatic heterocycles. The van der Waals surface area contributed by atoms with E-state index in [1.54, 1.807) is 11.8 Å². The molecule has 2 saturated heterocycles. The maximum Gasteiger partial charge on any atom is 0.255 e. The summed E-state index contributed by atoms with van der Waals surface area (Å²) in [6.07, 6.45) is -1.63. The maximum atomic E-state index is 13.3. The number of aliphatic hydroxyl groups excluding tert-OH is 2. The predicted molar refractivity (Wildman–Crippen MR) is 167 cm³/mol. The Balaban J connectivity index is 1.16. The van der Waals surface area contributed by atoms with Crippen molar-refractivity contribution in [2.45, 2.75) is 51.0 Å². The van der Waals surface area contributed by atoms with Gasteiger partial charge in [0.05, 0.1) is 12.6 Å². The number of carbonyl (C=O) groups is 3. The zero-order chi connectivity index (χ0) is 30.5. The highest BCUT2D eigenvalue weighted by Crippen LogP contribution is 2.34. The summed E-state index contributed by atoms with van der Waals surface area (Å²) < 4.78 is 0. The SMILES string of the molecule is CC(=O)N1CCN(c2cccc([C@H]3CCCN3C(=O)[C@H](O)[C@@H](O)C(=O)NCc3cc(Cc4ccccc4Cl)cs3)c2)CC1. The van der Waals surface area contributed by atoms with Crippen molar-refractivity contribution < 1.29 is 24.6 Å². The lowest BCUT2D eigenvalue weighted by Crippen LogP contribution is -2.50. The van der Waals surface area contributed by atoms with E-state index < -0.39 is 24.0 Å². The largest absolute Gasteiger partial charge is 0.380 e. The highest BCUT2D eigenvalue weighted by molar-refractivity contribution is 7.10. The summed E-state index contributed by atoms with van der Waals surface area (Å²) in [5.41, 5.74) is 4.02. The monoisotopic (exact) mass is 624 g/mol. The molecule has 2 fully saturated rings. The molecule has 3 N–H and O–H groups in total. The fourth-order valence-electron chi connectivity index (χ4n) is 5.79. The van der Waals surface area contributed by atoms with Gasteiger partial charge in [0.2, 0.25) is 5.91 Å².